The molecule has 4 heterocycles. The number of nitrogen functional groups attached to an aromatic ring is 1. The van der Waals surface area contributed by atoms with Gasteiger partial charge in [-0.05, 0) is 57.0 Å². The number of nitrogens with two attached hydrogens (primary N) is 1. The van der Waals surface area contributed by atoms with Crippen LogP contribution in [0.4, 0.5) is 10.3 Å². The number of halogens is 1. The van der Waals surface area contributed by atoms with Gasteiger partial charge in [-0.3, -0.25) is 0 Å². The Morgan fingerprint density at radius 3 is 2.50 bits per heavy atom. The molecule has 9 heteroatoms. The van der Waals surface area contributed by atoms with Gasteiger partial charge in [-0.2, -0.15) is 5.10 Å². The van der Waals surface area contributed by atoms with Crippen LogP contribution in [0.2, 0.25) is 0 Å². The van der Waals surface area contributed by atoms with Crippen molar-refractivity contribution in [2.45, 2.75) is 57.3 Å². The second-order valence-electron chi connectivity index (χ2n) is 9.21. The number of fused-ring (bicyclic) bond motifs is 1. The minimum Gasteiger partial charge on any atom is -0.495 e. The number of hydrogen-bond acceptors (Lipinski definition) is 7. The fourth-order valence-electron chi connectivity index (χ4n) is 5.15. The minimum atomic E-state index is -0.558. The van der Waals surface area contributed by atoms with Crippen LogP contribution in [0.25, 0.3) is 17.0 Å². The van der Waals surface area contributed by atoms with Crippen molar-refractivity contribution in [3.63, 3.8) is 0 Å². The van der Waals surface area contributed by atoms with E-state index in [-0.39, 0.29) is 11.6 Å². The fourth-order valence-corrected chi connectivity index (χ4v) is 5.15. The monoisotopic (exact) mass is 439 g/mol. The Morgan fingerprint density at radius 2 is 1.91 bits per heavy atom. The third kappa shape index (κ3) is 3.90. The molecule has 2 aliphatic carbocycles. The maximum Gasteiger partial charge on any atom is 0.220 e. The van der Waals surface area contributed by atoms with E-state index in [0.29, 0.717) is 22.7 Å². The van der Waals surface area contributed by atoms with E-state index in [0.717, 1.165) is 30.5 Å². The van der Waals surface area contributed by atoms with Gasteiger partial charge in [-0.1, -0.05) is 12.8 Å². The fraction of sp³-hybridized carbons (Fsp3) is 0.565. The first-order valence-electron chi connectivity index (χ1n) is 11.5. The summed E-state index contributed by atoms with van der Waals surface area (Å²) in [7, 11) is 1.64. The van der Waals surface area contributed by atoms with Crippen molar-refractivity contribution in [2.24, 2.45) is 5.41 Å². The summed E-state index contributed by atoms with van der Waals surface area (Å²) >= 11 is 0. The Bertz CT molecular complexity index is 1090. The number of imidazole rings is 1. The lowest BCUT2D eigenvalue weighted by atomic mass is 9.51. The Labute approximate surface area is 186 Å². The first kappa shape index (κ1) is 21.1. The van der Waals surface area contributed by atoms with Crippen LogP contribution in [0.15, 0.2) is 18.5 Å². The van der Waals surface area contributed by atoms with Crippen molar-refractivity contribution in [1.82, 2.24) is 29.9 Å². The molecular formula is C23H30FN7O. The molecule has 3 aliphatic rings. The molecule has 3 fully saturated rings. The first-order chi connectivity index (χ1) is 15.6. The standard InChI is InChI=1S/C18H19FN6O.C5H11N/c1-26-13-5-14-21-9-12(16-11(19)8-22-17(20)23-16)25(14)24-15(13)10-6-18(7-10)3-2-4-18;1-2-4-6-5-3-1/h5,8-10H,2-4,6-7H2,1H3,(H2,20,22,23);6H,1-5H2. The Hall–Kier alpha value is -2.81. The highest BCUT2D eigenvalue weighted by Crippen LogP contribution is 2.62. The number of piperidine rings is 1. The predicted molar refractivity (Wildman–Crippen MR) is 120 cm³/mol. The summed E-state index contributed by atoms with van der Waals surface area (Å²) in [6, 6.07) is 1.85. The van der Waals surface area contributed by atoms with Crippen molar-refractivity contribution in [1.29, 1.82) is 0 Å². The summed E-state index contributed by atoms with van der Waals surface area (Å²) in [6.45, 7) is 2.50. The highest BCUT2D eigenvalue weighted by atomic mass is 19.1. The predicted octanol–water partition coefficient (Wildman–Crippen LogP) is 3.72. The molecule has 0 atom stereocenters. The van der Waals surface area contributed by atoms with Gasteiger partial charge < -0.3 is 15.8 Å². The minimum absolute atomic E-state index is 0.0102. The van der Waals surface area contributed by atoms with E-state index in [4.69, 9.17) is 15.6 Å². The molecule has 0 unspecified atom stereocenters. The Morgan fingerprint density at radius 1 is 1.12 bits per heavy atom. The number of nitrogens with one attached hydrogen (secondary N) is 1. The molecule has 8 nitrogen and oxygen atoms in total. The number of hydrogen-bond donors (Lipinski definition) is 2. The van der Waals surface area contributed by atoms with E-state index < -0.39 is 5.82 Å². The molecule has 3 aromatic heterocycles. The summed E-state index contributed by atoms with van der Waals surface area (Å²) in [5.74, 6) is 0.551. The van der Waals surface area contributed by atoms with E-state index >= 15 is 0 Å². The van der Waals surface area contributed by atoms with E-state index in [1.807, 2.05) is 6.07 Å². The summed E-state index contributed by atoms with van der Waals surface area (Å²) in [4.78, 5) is 12.0. The van der Waals surface area contributed by atoms with Gasteiger partial charge in [0, 0.05) is 12.0 Å². The normalized spacial score (nSPS) is 19.7. The van der Waals surface area contributed by atoms with Gasteiger partial charge in [0.25, 0.3) is 0 Å². The lowest BCUT2D eigenvalue weighted by Crippen LogP contribution is -2.41. The zero-order valence-electron chi connectivity index (χ0n) is 18.5. The molecule has 1 spiro atoms. The SMILES string of the molecule is C1CCNCC1.COc1cc2ncc(-c3nc(N)ncc3F)n2nc1C1CC2(CCC2)C1. The molecule has 3 N–H and O–H groups in total. The van der Waals surface area contributed by atoms with Crippen molar-refractivity contribution >= 4 is 11.6 Å². The van der Waals surface area contributed by atoms with Crippen LogP contribution in [-0.2, 0) is 0 Å². The summed E-state index contributed by atoms with van der Waals surface area (Å²) in [5, 5.41) is 8.05. The van der Waals surface area contributed by atoms with E-state index in [9.17, 15) is 4.39 Å². The van der Waals surface area contributed by atoms with Gasteiger partial charge in [0.15, 0.2) is 11.5 Å². The lowest BCUT2D eigenvalue weighted by molar-refractivity contribution is 0.00648. The zero-order valence-corrected chi connectivity index (χ0v) is 18.5. The van der Waals surface area contributed by atoms with E-state index in [1.165, 1.54) is 51.6 Å². The van der Waals surface area contributed by atoms with Gasteiger partial charge >= 0.3 is 0 Å². The molecule has 0 amide bonds. The molecule has 1 aliphatic heterocycles. The van der Waals surface area contributed by atoms with Crippen molar-refractivity contribution in [2.75, 3.05) is 25.9 Å². The largest absolute Gasteiger partial charge is 0.495 e. The number of anilines is 1. The summed E-state index contributed by atoms with van der Waals surface area (Å²) in [5.41, 5.74) is 8.18. The van der Waals surface area contributed by atoms with Crippen LogP contribution in [0.3, 0.4) is 0 Å². The molecule has 32 heavy (non-hydrogen) atoms. The topological polar surface area (TPSA) is 103 Å². The molecule has 3 aromatic rings. The third-order valence-corrected chi connectivity index (χ3v) is 7.08. The summed E-state index contributed by atoms with van der Waals surface area (Å²) < 4.78 is 21.4. The second-order valence-corrected chi connectivity index (χ2v) is 9.21. The molecular weight excluding hydrogens is 409 g/mol. The van der Waals surface area contributed by atoms with E-state index in [2.05, 4.69) is 20.3 Å². The second kappa shape index (κ2) is 8.61. The van der Waals surface area contributed by atoms with E-state index in [1.54, 1.807) is 17.8 Å². The van der Waals surface area contributed by atoms with Gasteiger partial charge in [0.2, 0.25) is 5.95 Å². The third-order valence-electron chi connectivity index (χ3n) is 7.08. The van der Waals surface area contributed by atoms with Crippen molar-refractivity contribution in [3.05, 3.63) is 30.0 Å². The molecule has 1 saturated heterocycles. The molecule has 170 valence electrons. The highest BCUT2D eigenvalue weighted by Gasteiger charge is 2.49. The molecule has 0 aromatic carbocycles. The van der Waals surface area contributed by atoms with Crippen LogP contribution in [0.5, 0.6) is 5.75 Å². The molecule has 0 radical (unpaired) electrons. The zero-order chi connectivity index (χ0) is 22.1. The average molecular weight is 440 g/mol. The highest BCUT2D eigenvalue weighted by molar-refractivity contribution is 5.61. The number of methoxy groups -OCH3 is 1. The first-order valence-corrected chi connectivity index (χ1v) is 11.5. The van der Waals surface area contributed by atoms with Crippen molar-refractivity contribution in [3.8, 4) is 17.1 Å². The molecule has 0 bridgehead atoms. The number of rotatable bonds is 3. The maximum absolute atomic E-state index is 14.2. The van der Waals surface area contributed by atoms with Crippen LogP contribution in [0.1, 0.15) is 63.0 Å². The number of nitrogens with zero attached hydrogens (tertiary/aromatic N) is 5. The van der Waals surface area contributed by atoms with Crippen LogP contribution < -0.4 is 15.8 Å². The Kier molecular flexibility index (Phi) is 5.67. The quantitative estimate of drug-likeness (QED) is 0.641. The Balaban J connectivity index is 0.000000314. The smallest absolute Gasteiger partial charge is 0.220 e. The molecule has 6 rings (SSSR count). The van der Waals surface area contributed by atoms with Gasteiger partial charge in [-0.15, -0.1) is 0 Å². The van der Waals surface area contributed by atoms with Gasteiger partial charge in [-0.25, -0.2) is 23.9 Å². The molecule has 2 saturated carbocycles. The lowest BCUT2D eigenvalue weighted by Gasteiger charge is -2.54. The average Bonchev–Trinajstić information content (AvgIpc) is 3.17. The van der Waals surface area contributed by atoms with Gasteiger partial charge in [0.1, 0.15) is 22.8 Å². The van der Waals surface area contributed by atoms with Crippen molar-refractivity contribution < 1.29 is 9.13 Å². The maximum atomic E-state index is 14.2. The number of ether oxygens (including phenoxy) is 1. The van der Waals surface area contributed by atoms with Crippen LogP contribution in [0, 0.1) is 11.2 Å². The van der Waals surface area contributed by atoms with Crippen LogP contribution in [-0.4, -0.2) is 44.8 Å². The van der Waals surface area contributed by atoms with Crippen LogP contribution >= 0.6 is 0 Å². The number of aromatic nitrogens is 5. The summed E-state index contributed by atoms with van der Waals surface area (Å²) in [6.07, 6.45) is 13.1. The van der Waals surface area contributed by atoms with Gasteiger partial charge in [0.05, 0.1) is 19.5 Å².